The number of esters is 1. The minimum atomic E-state index is -0.365. The molecule has 6 heteroatoms. The van der Waals surface area contributed by atoms with Crippen LogP contribution < -0.4 is 11.1 Å². The van der Waals surface area contributed by atoms with Crippen LogP contribution in [0.5, 0.6) is 0 Å². The van der Waals surface area contributed by atoms with Gasteiger partial charge in [0.15, 0.2) is 0 Å². The van der Waals surface area contributed by atoms with Gasteiger partial charge in [-0.15, -0.1) is 11.8 Å². The lowest BCUT2D eigenvalue weighted by molar-refractivity contribution is -0.115. The van der Waals surface area contributed by atoms with Crippen molar-refractivity contribution in [3.8, 4) is 0 Å². The largest absolute Gasteiger partial charge is 0.462 e. The Morgan fingerprint density at radius 3 is 2.38 bits per heavy atom. The molecule has 0 heterocycles. The Labute approximate surface area is 145 Å². The first-order chi connectivity index (χ1) is 11.6. The van der Waals surface area contributed by atoms with Crippen molar-refractivity contribution in [1.29, 1.82) is 0 Å². The van der Waals surface area contributed by atoms with Crippen LogP contribution in [0.15, 0.2) is 53.4 Å². The van der Waals surface area contributed by atoms with Crippen molar-refractivity contribution in [2.45, 2.75) is 18.2 Å². The summed E-state index contributed by atoms with van der Waals surface area (Å²) in [5, 5.41) is 2.81. The number of ether oxygens (including phenoxy) is 1. The first-order valence-electron chi connectivity index (χ1n) is 7.64. The molecule has 5 nitrogen and oxygen atoms in total. The van der Waals surface area contributed by atoms with Crippen molar-refractivity contribution in [1.82, 2.24) is 0 Å². The number of nitrogen functional groups attached to an aromatic ring is 1. The number of hydrogen-bond acceptors (Lipinski definition) is 5. The van der Waals surface area contributed by atoms with Gasteiger partial charge in [0.1, 0.15) is 0 Å². The highest BCUT2D eigenvalue weighted by Gasteiger charge is 2.07. The summed E-state index contributed by atoms with van der Waals surface area (Å²) in [4.78, 5) is 24.6. The fraction of sp³-hybridized carbons (Fsp3) is 0.222. The summed E-state index contributed by atoms with van der Waals surface area (Å²) in [6.45, 7) is 2.10. The summed E-state index contributed by atoms with van der Waals surface area (Å²) in [6.07, 6.45) is 0.397. The number of thioether (sulfide) groups is 1. The zero-order valence-corrected chi connectivity index (χ0v) is 14.3. The molecule has 126 valence electrons. The number of nitrogens with two attached hydrogens (primary N) is 1. The van der Waals surface area contributed by atoms with Crippen molar-refractivity contribution < 1.29 is 14.3 Å². The number of rotatable bonds is 7. The van der Waals surface area contributed by atoms with E-state index in [0.717, 1.165) is 10.6 Å². The summed E-state index contributed by atoms with van der Waals surface area (Å²) in [7, 11) is 0. The molecule has 2 aromatic rings. The standard InChI is InChI=1S/C18H20N2O3S/c1-2-23-18(22)13-3-7-15(8-4-13)20-17(21)11-12-24-16-9-5-14(19)6-10-16/h3-10H,2,11-12,19H2,1H3,(H,20,21). The number of anilines is 2. The number of carbonyl (C=O) groups is 2. The summed E-state index contributed by atoms with van der Waals surface area (Å²) < 4.78 is 4.91. The molecule has 0 aliphatic heterocycles. The van der Waals surface area contributed by atoms with E-state index < -0.39 is 0 Å². The highest BCUT2D eigenvalue weighted by atomic mass is 32.2. The summed E-state index contributed by atoms with van der Waals surface area (Å²) in [5.41, 5.74) is 7.48. The Morgan fingerprint density at radius 1 is 1.08 bits per heavy atom. The first kappa shape index (κ1) is 17.9. The quantitative estimate of drug-likeness (QED) is 0.456. The molecule has 0 saturated carbocycles. The average Bonchev–Trinajstić information content (AvgIpc) is 2.57. The second kappa shape index (κ2) is 8.98. The third-order valence-electron chi connectivity index (χ3n) is 3.16. The normalized spacial score (nSPS) is 10.2. The highest BCUT2D eigenvalue weighted by Crippen LogP contribution is 2.20. The molecular formula is C18H20N2O3S. The second-order valence-corrected chi connectivity index (χ2v) is 6.18. The second-order valence-electron chi connectivity index (χ2n) is 5.01. The third kappa shape index (κ3) is 5.62. The van der Waals surface area contributed by atoms with Gasteiger partial charge in [-0.25, -0.2) is 4.79 Å². The Balaban J connectivity index is 1.77. The van der Waals surface area contributed by atoms with Gasteiger partial charge in [0.05, 0.1) is 12.2 Å². The molecular weight excluding hydrogens is 324 g/mol. The van der Waals surface area contributed by atoms with Crippen LogP contribution in [-0.4, -0.2) is 24.2 Å². The number of amides is 1. The molecule has 3 N–H and O–H groups in total. The van der Waals surface area contributed by atoms with Crippen LogP contribution in [0.25, 0.3) is 0 Å². The molecule has 0 unspecified atom stereocenters. The van der Waals surface area contributed by atoms with E-state index >= 15 is 0 Å². The Bertz CT molecular complexity index is 684. The summed E-state index contributed by atoms with van der Waals surface area (Å²) in [6, 6.07) is 14.2. The molecule has 0 atom stereocenters. The van der Waals surface area contributed by atoms with Crippen molar-refractivity contribution in [2.24, 2.45) is 0 Å². The Kier molecular flexibility index (Phi) is 6.69. The molecule has 0 radical (unpaired) electrons. The molecule has 0 spiro atoms. The molecule has 2 aromatic carbocycles. The number of nitrogens with one attached hydrogen (secondary N) is 1. The van der Waals surface area contributed by atoms with Crippen molar-refractivity contribution in [3.63, 3.8) is 0 Å². The fourth-order valence-corrected chi connectivity index (χ4v) is 2.80. The molecule has 24 heavy (non-hydrogen) atoms. The van der Waals surface area contributed by atoms with E-state index in [9.17, 15) is 9.59 Å². The van der Waals surface area contributed by atoms with Crippen molar-refractivity contribution >= 4 is 35.0 Å². The zero-order chi connectivity index (χ0) is 17.4. The van der Waals surface area contributed by atoms with E-state index in [1.807, 2.05) is 24.3 Å². The topological polar surface area (TPSA) is 81.4 Å². The van der Waals surface area contributed by atoms with Gasteiger partial charge in [-0.1, -0.05) is 0 Å². The summed E-state index contributed by atoms with van der Waals surface area (Å²) >= 11 is 1.60. The van der Waals surface area contributed by atoms with Gasteiger partial charge >= 0.3 is 5.97 Å². The molecule has 2 rings (SSSR count). The van der Waals surface area contributed by atoms with E-state index in [2.05, 4.69) is 5.32 Å². The smallest absolute Gasteiger partial charge is 0.338 e. The van der Waals surface area contributed by atoms with Gasteiger partial charge in [-0.05, 0) is 55.5 Å². The molecule has 1 amide bonds. The van der Waals surface area contributed by atoms with Crippen molar-refractivity contribution in [3.05, 3.63) is 54.1 Å². The van der Waals surface area contributed by atoms with Crippen LogP contribution in [0, 0.1) is 0 Å². The van der Waals surface area contributed by atoms with E-state index in [1.54, 1.807) is 43.0 Å². The maximum absolute atomic E-state index is 11.9. The maximum atomic E-state index is 11.9. The Morgan fingerprint density at radius 2 is 1.75 bits per heavy atom. The molecule has 0 bridgehead atoms. The van der Waals surface area contributed by atoms with Gasteiger partial charge in [-0.2, -0.15) is 0 Å². The molecule has 0 saturated heterocycles. The molecule has 0 fully saturated rings. The van der Waals surface area contributed by atoms with Crippen LogP contribution in [0.2, 0.25) is 0 Å². The minimum Gasteiger partial charge on any atom is -0.462 e. The van der Waals surface area contributed by atoms with E-state index in [4.69, 9.17) is 10.5 Å². The lowest BCUT2D eigenvalue weighted by atomic mass is 10.2. The van der Waals surface area contributed by atoms with Gasteiger partial charge in [0.2, 0.25) is 5.91 Å². The van der Waals surface area contributed by atoms with Crippen LogP contribution in [0.1, 0.15) is 23.7 Å². The van der Waals surface area contributed by atoms with Gasteiger partial charge < -0.3 is 15.8 Å². The van der Waals surface area contributed by atoms with Gasteiger partial charge in [0, 0.05) is 28.4 Å². The predicted molar refractivity (Wildman–Crippen MR) is 97.2 cm³/mol. The van der Waals surface area contributed by atoms with Crippen LogP contribution in [0.3, 0.4) is 0 Å². The fourth-order valence-electron chi connectivity index (χ4n) is 1.95. The maximum Gasteiger partial charge on any atom is 0.338 e. The number of benzene rings is 2. The minimum absolute atomic E-state index is 0.0678. The van der Waals surface area contributed by atoms with Crippen LogP contribution in [0.4, 0.5) is 11.4 Å². The molecule has 0 aliphatic carbocycles. The van der Waals surface area contributed by atoms with Crippen molar-refractivity contribution in [2.75, 3.05) is 23.4 Å². The predicted octanol–water partition coefficient (Wildman–Crippen LogP) is 3.57. The molecule has 0 aromatic heterocycles. The monoisotopic (exact) mass is 344 g/mol. The van der Waals surface area contributed by atoms with E-state index in [1.165, 1.54) is 0 Å². The first-order valence-corrected chi connectivity index (χ1v) is 8.62. The third-order valence-corrected chi connectivity index (χ3v) is 4.17. The SMILES string of the molecule is CCOC(=O)c1ccc(NC(=O)CCSc2ccc(N)cc2)cc1. The van der Waals surface area contributed by atoms with Gasteiger partial charge in [0.25, 0.3) is 0 Å². The zero-order valence-electron chi connectivity index (χ0n) is 13.5. The number of hydrogen-bond donors (Lipinski definition) is 2. The highest BCUT2D eigenvalue weighted by molar-refractivity contribution is 7.99. The van der Waals surface area contributed by atoms with E-state index in [-0.39, 0.29) is 11.9 Å². The van der Waals surface area contributed by atoms with Crippen LogP contribution >= 0.6 is 11.8 Å². The lowest BCUT2D eigenvalue weighted by Gasteiger charge is -2.07. The Hall–Kier alpha value is -2.47. The van der Waals surface area contributed by atoms with Crippen LogP contribution in [-0.2, 0) is 9.53 Å². The lowest BCUT2D eigenvalue weighted by Crippen LogP contribution is -2.12. The average molecular weight is 344 g/mol. The van der Waals surface area contributed by atoms with Gasteiger partial charge in [-0.3, -0.25) is 4.79 Å². The van der Waals surface area contributed by atoms with E-state index in [0.29, 0.717) is 30.0 Å². The molecule has 0 aliphatic rings. The number of carbonyl (C=O) groups excluding carboxylic acids is 2. The summed E-state index contributed by atoms with van der Waals surface area (Å²) in [5.74, 6) is 0.244.